The summed E-state index contributed by atoms with van der Waals surface area (Å²) in [6.45, 7) is 0. The highest BCUT2D eigenvalue weighted by molar-refractivity contribution is 6.25. The van der Waals surface area contributed by atoms with Gasteiger partial charge in [-0.25, -0.2) is 9.59 Å². The van der Waals surface area contributed by atoms with Gasteiger partial charge in [0.25, 0.3) is 0 Å². The number of aliphatic hydroxyl groups is 1. The van der Waals surface area contributed by atoms with Gasteiger partial charge in [-0.15, -0.1) is 0 Å². The lowest BCUT2D eigenvalue weighted by Crippen LogP contribution is -2.09. The maximum Gasteiger partial charge on any atom is 0.348 e. The van der Waals surface area contributed by atoms with E-state index in [4.69, 9.17) is 14.2 Å². The van der Waals surface area contributed by atoms with Crippen molar-refractivity contribution in [1.82, 2.24) is 0 Å². The minimum absolute atomic E-state index is 0.0255. The molecule has 0 spiro atoms. The van der Waals surface area contributed by atoms with Gasteiger partial charge >= 0.3 is 11.9 Å². The zero-order valence-electron chi connectivity index (χ0n) is 14.2. The Morgan fingerprint density at radius 1 is 1.00 bits per heavy atom. The fraction of sp³-hybridized carbons (Fsp3) is 0.100. The van der Waals surface area contributed by atoms with Gasteiger partial charge in [0, 0.05) is 0 Å². The van der Waals surface area contributed by atoms with Crippen LogP contribution in [-0.2, 0) is 19.1 Å². The molecule has 132 valence electrons. The predicted octanol–water partition coefficient (Wildman–Crippen LogP) is 3.11. The first-order valence-electron chi connectivity index (χ1n) is 7.75. The van der Waals surface area contributed by atoms with E-state index in [0.717, 1.165) is 0 Å². The molecule has 0 amide bonds. The molecule has 0 aromatic heterocycles. The molecule has 0 bridgehead atoms. The lowest BCUT2D eigenvalue weighted by Gasteiger charge is -2.09. The third kappa shape index (κ3) is 3.04. The van der Waals surface area contributed by atoms with Crippen molar-refractivity contribution in [1.29, 1.82) is 0 Å². The molecule has 0 saturated heterocycles. The summed E-state index contributed by atoms with van der Waals surface area (Å²) in [5.41, 5.74) is 0.854. The Morgan fingerprint density at radius 2 is 1.65 bits per heavy atom. The molecule has 1 aliphatic heterocycles. The zero-order chi connectivity index (χ0) is 18.7. The van der Waals surface area contributed by atoms with E-state index in [1.54, 1.807) is 54.6 Å². The van der Waals surface area contributed by atoms with E-state index in [0.29, 0.717) is 16.9 Å². The molecule has 0 atom stereocenters. The molecular formula is C20H16O6. The first-order valence-corrected chi connectivity index (χ1v) is 7.75. The van der Waals surface area contributed by atoms with Crippen LogP contribution in [0.5, 0.6) is 5.75 Å². The van der Waals surface area contributed by atoms with Gasteiger partial charge in [-0.05, 0) is 23.3 Å². The first kappa shape index (κ1) is 17.3. The van der Waals surface area contributed by atoms with E-state index in [1.165, 1.54) is 14.2 Å². The molecule has 0 aliphatic carbocycles. The molecule has 6 heteroatoms. The van der Waals surface area contributed by atoms with Crippen LogP contribution in [0.2, 0.25) is 0 Å². The molecular weight excluding hydrogens is 336 g/mol. The fourth-order valence-electron chi connectivity index (χ4n) is 2.63. The topological polar surface area (TPSA) is 82.1 Å². The summed E-state index contributed by atoms with van der Waals surface area (Å²) in [5.74, 6) is -1.50. The van der Waals surface area contributed by atoms with Crippen LogP contribution in [0.15, 0.2) is 66.1 Å². The lowest BCUT2D eigenvalue weighted by molar-refractivity contribution is -0.134. The number of cyclic esters (lactones) is 1. The molecule has 1 heterocycles. The number of rotatable bonds is 4. The van der Waals surface area contributed by atoms with Crippen molar-refractivity contribution < 1.29 is 28.9 Å². The highest BCUT2D eigenvalue weighted by atomic mass is 16.6. The Bertz CT molecular complexity index is 907. The number of benzene rings is 2. The first-order chi connectivity index (χ1) is 12.6. The number of hydrogen-bond acceptors (Lipinski definition) is 6. The second-order valence-electron chi connectivity index (χ2n) is 5.40. The molecule has 3 rings (SSSR count). The van der Waals surface area contributed by atoms with Crippen LogP contribution in [0.25, 0.3) is 11.1 Å². The second kappa shape index (κ2) is 7.14. The number of esters is 2. The SMILES string of the molecule is COC(=O)/C(=C1\OC(=O)C(c2ccc(OC)cc2)=C1O)c1ccccc1. The van der Waals surface area contributed by atoms with Crippen LogP contribution in [-0.4, -0.2) is 31.3 Å². The van der Waals surface area contributed by atoms with Gasteiger partial charge in [0.15, 0.2) is 11.5 Å². The van der Waals surface area contributed by atoms with Crippen LogP contribution in [0.1, 0.15) is 11.1 Å². The van der Waals surface area contributed by atoms with Gasteiger partial charge in [-0.3, -0.25) is 0 Å². The van der Waals surface area contributed by atoms with Crippen LogP contribution in [0.4, 0.5) is 0 Å². The summed E-state index contributed by atoms with van der Waals surface area (Å²) in [7, 11) is 2.74. The second-order valence-corrected chi connectivity index (χ2v) is 5.40. The molecule has 2 aromatic rings. The Kier molecular flexibility index (Phi) is 4.75. The van der Waals surface area contributed by atoms with E-state index in [9.17, 15) is 14.7 Å². The van der Waals surface area contributed by atoms with Crippen molar-refractivity contribution >= 4 is 23.1 Å². The molecule has 2 aromatic carbocycles. The van der Waals surface area contributed by atoms with Crippen molar-refractivity contribution in [2.45, 2.75) is 0 Å². The fourth-order valence-corrected chi connectivity index (χ4v) is 2.63. The molecule has 0 radical (unpaired) electrons. The Hall–Kier alpha value is -3.54. The minimum Gasteiger partial charge on any atom is -0.504 e. The summed E-state index contributed by atoms with van der Waals surface area (Å²) in [6.07, 6.45) is 0. The van der Waals surface area contributed by atoms with Gasteiger partial charge < -0.3 is 19.3 Å². The molecule has 0 saturated carbocycles. The summed E-state index contributed by atoms with van der Waals surface area (Å²) in [5, 5.41) is 10.6. The number of hydrogen-bond donors (Lipinski definition) is 1. The summed E-state index contributed by atoms with van der Waals surface area (Å²) in [6, 6.07) is 15.1. The number of ether oxygens (including phenoxy) is 3. The molecule has 0 unspecified atom stereocenters. The summed E-state index contributed by atoms with van der Waals surface area (Å²) in [4.78, 5) is 24.6. The van der Waals surface area contributed by atoms with E-state index < -0.39 is 17.7 Å². The van der Waals surface area contributed by atoms with E-state index >= 15 is 0 Å². The van der Waals surface area contributed by atoms with Crippen molar-refractivity contribution in [2.24, 2.45) is 0 Å². The van der Waals surface area contributed by atoms with Crippen molar-refractivity contribution in [2.75, 3.05) is 14.2 Å². The molecule has 1 N–H and O–H groups in total. The maximum atomic E-state index is 12.3. The highest BCUT2D eigenvalue weighted by Gasteiger charge is 2.36. The predicted molar refractivity (Wildman–Crippen MR) is 94.0 cm³/mol. The van der Waals surface area contributed by atoms with Crippen LogP contribution in [0.3, 0.4) is 0 Å². The minimum atomic E-state index is -0.750. The van der Waals surface area contributed by atoms with E-state index in [2.05, 4.69) is 0 Å². The van der Waals surface area contributed by atoms with E-state index in [1.807, 2.05) is 0 Å². The quantitative estimate of drug-likeness (QED) is 0.673. The standard InChI is InChI=1S/C20H16O6/c1-24-14-10-8-13(9-11-14)15-17(21)18(26-20(15)23)16(19(22)25-2)12-6-4-3-5-7-12/h3-11,21H,1-2H3/b18-16-. The monoisotopic (exact) mass is 352 g/mol. The number of methoxy groups -OCH3 is 2. The zero-order valence-corrected chi connectivity index (χ0v) is 14.2. The van der Waals surface area contributed by atoms with Crippen LogP contribution >= 0.6 is 0 Å². The van der Waals surface area contributed by atoms with Crippen molar-refractivity contribution in [3.63, 3.8) is 0 Å². The summed E-state index contributed by atoms with van der Waals surface area (Å²) < 4.78 is 15.1. The van der Waals surface area contributed by atoms with Gasteiger partial charge in [0.05, 0.1) is 14.2 Å². The lowest BCUT2D eigenvalue weighted by atomic mass is 10.0. The number of carbonyl (C=O) groups is 2. The average molecular weight is 352 g/mol. The largest absolute Gasteiger partial charge is 0.504 e. The molecule has 1 aliphatic rings. The van der Waals surface area contributed by atoms with Gasteiger partial charge in [0.2, 0.25) is 0 Å². The molecule has 26 heavy (non-hydrogen) atoms. The Balaban J connectivity index is 2.17. The average Bonchev–Trinajstić information content (AvgIpc) is 2.96. The summed E-state index contributed by atoms with van der Waals surface area (Å²) >= 11 is 0. The van der Waals surface area contributed by atoms with Crippen LogP contribution < -0.4 is 4.74 Å². The molecule has 0 fully saturated rings. The van der Waals surface area contributed by atoms with Gasteiger partial charge in [-0.2, -0.15) is 0 Å². The van der Waals surface area contributed by atoms with Crippen molar-refractivity contribution in [3.05, 3.63) is 77.2 Å². The third-order valence-corrected chi connectivity index (χ3v) is 3.91. The van der Waals surface area contributed by atoms with Gasteiger partial charge in [0.1, 0.15) is 16.9 Å². The number of aliphatic hydroxyl groups excluding tert-OH is 1. The third-order valence-electron chi connectivity index (χ3n) is 3.91. The van der Waals surface area contributed by atoms with Crippen molar-refractivity contribution in [3.8, 4) is 5.75 Å². The highest BCUT2D eigenvalue weighted by Crippen LogP contribution is 2.36. The van der Waals surface area contributed by atoms with E-state index in [-0.39, 0.29) is 16.9 Å². The smallest absolute Gasteiger partial charge is 0.348 e. The Labute approximate surface area is 149 Å². The molecule has 6 nitrogen and oxygen atoms in total. The number of carbonyl (C=O) groups excluding carboxylic acids is 2. The normalized spacial score (nSPS) is 15.5. The van der Waals surface area contributed by atoms with Crippen LogP contribution in [0, 0.1) is 0 Å². The maximum absolute atomic E-state index is 12.3. The Morgan fingerprint density at radius 3 is 2.23 bits per heavy atom. The van der Waals surface area contributed by atoms with Gasteiger partial charge in [-0.1, -0.05) is 42.5 Å².